The molecule has 0 amide bonds. The van der Waals surface area contributed by atoms with Crippen molar-refractivity contribution in [3.05, 3.63) is 50.6 Å². The van der Waals surface area contributed by atoms with Crippen LogP contribution in [-0.4, -0.2) is 9.91 Å². The maximum absolute atomic E-state index is 11.0. The number of hydrogen-bond acceptors (Lipinski definition) is 6. The lowest BCUT2D eigenvalue weighted by Crippen LogP contribution is -2.08. The average Bonchev–Trinajstić information content (AvgIpc) is 2.42. The van der Waals surface area contributed by atoms with Gasteiger partial charge in [-0.25, -0.2) is 10.8 Å². The van der Waals surface area contributed by atoms with Gasteiger partial charge in [-0.15, -0.1) is 0 Å². The molecule has 0 unspecified atom stereocenters. The summed E-state index contributed by atoms with van der Waals surface area (Å²) in [6, 6.07) is 5.40. The molecule has 3 N–H and O–H groups in total. The Morgan fingerprint density at radius 1 is 1.30 bits per heavy atom. The number of pyridine rings is 1. The minimum absolute atomic E-state index is 0.0291. The number of nitrogens with two attached hydrogens (primary N) is 1. The van der Waals surface area contributed by atoms with Gasteiger partial charge in [0.2, 0.25) is 5.75 Å². The lowest BCUT2D eigenvalue weighted by atomic mass is 10.3. The molecule has 0 aliphatic rings. The van der Waals surface area contributed by atoms with Crippen LogP contribution < -0.4 is 16.0 Å². The zero-order valence-corrected chi connectivity index (χ0v) is 11.4. The van der Waals surface area contributed by atoms with Crippen molar-refractivity contribution in [2.24, 2.45) is 5.84 Å². The summed E-state index contributed by atoms with van der Waals surface area (Å²) in [5, 5.41) is 11.2. The van der Waals surface area contributed by atoms with E-state index in [9.17, 15) is 10.1 Å². The zero-order valence-electron chi connectivity index (χ0n) is 9.84. The van der Waals surface area contributed by atoms with E-state index >= 15 is 0 Å². The Kier molecular flexibility index (Phi) is 4.23. The molecule has 0 saturated carbocycles. The van der Waals surface area contributed by atoms with Gasteiger partial charge < -0.3 is 10.2 Å². The third-order valence-corrected chi connectivity index (χ3v) is 3.03. The molecule has 0 atom stereocenters. The highest BCUT2D eigenvalue weighted by molar-refractivity contribution is 6.42. The van der Waals surface area contributed by atoms with Crippen molar-refractivity contribution < 1.29 is 9.66 Å². The predicted molar refractivity (Wildman–Crippen MR) is 75.2 cm³/mol. The monoisotopic (exact) mass is 314 g/mol. The summed E-state index contributed by atoms with van der Waals surface area (Å²) in [5.41, 5.74) is 2.05. The number of hydrazine groups is 1. The summed E-state index contributed by atoms with van der Waals surface area (Å²) >= 11 is 11.6. The minimum atomic E-state index is -0.610. The number of aromatic nitrogens is 1. The summed E-state index contributed by atoms with van der Waals surface area (Å²) in [4.78, 5) is 14.3. The molecule has 0 radical (unpaired) electrons. The van der Waals surface area contributed by atoms with Crippen molar-refractivity contribution in [2.45, 2.75) is 0 Å². The first-order valence-electron chi connectivity index (χ1n) is 5.25. The molecule has 0 aliphatic carbocycles. The molecular formula is C11H8Cl2N4O3. The van der Waals surface area contributed by atoms with Gasteiger partial charge in [0.25, 0.3) is 0 Å². The van der Waals surface area contributed by atoms with Gasteiger partial charge >= 0.3 is 5.69 Å². The number of rotatable bonds is 4. The van der Waals surface area contributed by atoms with Crippen molar-refractivity contribution in [3.8, 4) is 11.5 Å². The van der Waals surface area contributed by atoms with Crippen LogP contribution in [-0.2, 0) is 0 Å². The Morgan fingerprint density at radius 3 is 2.65 bits per heavy atom. The first kappa shape index (κ1) is 14.3. The molecule has 0 fully saturated rings. The lowest BCUT2D eigenvalue weighted by Gasteiger charge is -2.08. The molecule has 9 heteroatoms. The van der Waals surface area contributed by atoms with Gasteiger partial charge in [0, 0.05) is 24.4 Å². The number of nitro groups is 1. The SMILES string of the molecule is NNc1cc(Oc2cc(Cl)c(Cl)cc2[N+](=O)[O-])ccn1. The van der Waals surface area contributed by atoms with E-state index in [2.05, 4.69) is 10.4 Å². The normalized spacial score (nSPS) is 10.2. The smallest absolute Gasteiger partial charge is 0.313 e. The Labute approximate surface area is 123 Å². The van der Waals surface area contributed by atoms with Gasteiger partial charge in [-0.1, -0.05) is 23.2 Å². The summed E-state index contributed by atoms with van der Waals surface area (Å²) in [7, 11) is 0. The van der Waals surface area contributed by atoms with Crippen molar-refractivity contribution in [3.63, 3.8) is 0 Å². The maximum Gasteiger partial charge on any atom is 0.313 e. The van der Waals surface area contributed by atoms with E-state index < -0.39 is 4.92 Å². The number of nitrogen functional groups attached to an aromatic ring is 1. The van der Waals surface area contributed by atoms with Crippen molar-refractivity contribution in [2.75, 3.05) is 5.43 Å². The number of nitrogens with one attached hydrogen (secondary N) is 1. The Morgan fingerprint density at radius 2 is 2.00 bits per heavy atom. The number of ether oxygens (including phenoxy) is 1. The van der Waals surface area contributed by atoms with Gasteiger partial charge in [0.05, 0.1) is 15.0 Å². The molecule has 0 saturated heterocycles. The molecule has 104 valence electrons. The van der Waals surface area contributed by atoms with Gasteiger partial charge in [-0.2, -0.15) is 0 Å². The van der Waals surface area contributed by atoms with E-state index in [4.69, 9.17) is 33.8 Å². The van der Waals surface area contributed by atoms with Crippen LogP contribution in [0.1, 0.15) is 0 Å². The van der Waals surface area contributed by atoms with Gasteiger partial charge in [-0.3, -0.25) is 10.1 Å². The maximum atomic E-state index is 11.0. The van der Waals surface area contributed by atoms with Crippen LogP contribution in [0.4, 0.5) is 11.5 Å². The molecule has 20 heavy (non-hydrogen) atoms. The Hall–Kier alpha value is -2.09. The van der Waals surface area contributed by atoms with Crippen LogP contribution in [0.15, 0.2) is 30.5 Å². The lowest BCUT2D eigenvalue weighted by molar-refractivity contribution is -0.385. The van der Waals surface area contributed by atoms with Gasteiger partial charge in [-0.05, 0) is 6.07 Å². The second-order valence-electron chi connectivity index (χ2n) is 3.61. The average molecular weight is 315 g/mol. The highest BCUT2D eigenvalue weighted by Crippen LogP contribution is 2.38. The van der Waals surface area contributed by atoms with Crippen LogP contribution in [0.5, 0.6) is 11.5 Å². The number of anilines is 1. The first-order valence-corrected chi connectivity index (χ1v) is 6.01. The van der Waals surface area contributed by atoms with E-state index in [0.29, 0.717) is 11.6 Å². The van der Waals surface area contributed by atoms with Crippen LogP contribution >= 0.6 is 23.2 Å². The Balaban J connectivity index is 2.41. The van der Waals surface area contributed by atoms with Crippen LogP contribution in [0.3, 0.4) is 0 Å². The number of nitro benzene ring substituents is 1. The van der Waals surface area contributed by atoms with E-state index in [0.717, 1.165) is 6.07 Å². The molecule has 0 bridgehead atoms. The van der Waals surface area contributed by atoms with E-state index in [1.54, 1.807) is 0 Å². The third kappa shape index (κ3) is 3.08. The number of nitrogens with zero attached hydrogens (tertiary/aromatic N) is 2. The number of benzene rings is 1. The van der Waals surface area contributed by atoms with Crippen LogP contribution in [0.2, 0.25) is 10.0 Å². The summed E-state index contributed by atoms with van der Waals surface area (Å²) in [6.07, 6.45) is 1.44. The molecule has 2 rings (SSSR count). The fourth-order valence-corrected chi connectivity index (χ4v) is 1.73. The predicted octanol–water partition coefficient (Wildman–Crippen LogP) is 3.37. The third-order valence-electron chi connectivity index (χ3n) is 2.31. The van der Waals surface area contributed by atoms with Gasteiger partial charge in [0.15, 0.2) is 0 Å². The topological polar surface area (TPSA) is 103 Å². The van der Waals surface area contributed by atoms with E-state index in [1.807, 2.05) is 0 Å². The Bertz CT molecular complexity index is 666. The van der Waals surface area contributed by atoms with E-state index in [-0.39, 0.29) is 21.5 Å². The molecule has 1 aromatic carbocycles. The summed E-state index contributed by atoms with van der Waals surface area (Å²) < 4.78 is 5.43. The number of halogens is 2. The standard InChI is InChI=1S/C11H8Cl2N4O3/c12-7-4-9(17(18)19)10(5-8(7)13)20-6-1-2-15-11(3-6)16-14/h1-5H,14H2,(H,15,16). The molecule has 1 heterocycles. The zero-order chi connectivity index (χ0) is 14.7. The fourth-order valence-electron chi connectivity index (χ4n) is 1.42. The molecule has 0 spiro atoms. The highest BCUT2D eigenvalue weighted by Gasteiger charge is 2.19. The molecule has 0 aliphatic heterocycles. The van der Waals surface area contributed by atoms with E-state index in [1.165, 1.54) is 24.4 Å². The van der Waals surface area contributed by atoms with Crippen LogP contribution in [0, 0.1) is 10.1 Å². The second-order valence-corrected chi connectivity index (χ2v) is 4.43. The van der Waals surface area contributed by atoms with Crippen LogP contribution in [0.25, 0.3) is 0 Å². The molecule has 2 aromatic rings. The summed E-state index contributed by atoms with van der Waals surface area (Å²) in [6.45, 7) is 0. The quantitative estimate of drug-likeness (QED) is 0.509. The molecular weight excluding hydrogens is 307 g/mol. The van der Waals surface area contributed by atoms with Crippen molar-refractivity contribution in [1.29, 1.82) is 0 Å². The van der Waals surface area contributed by atoms with Crippen molar-refractivity contribution >= 4 is 34.7 Å². The molecule has 1 aromatic heterocycles. The van der Waals surface area contributed by atoms with Crippen molar-refractivity contribution in [1.82, 2.24) is 4.98 Å². The second kappa shape index (κ2) is 5.91. The highest BCUT2D eigenvalue weighted by atomic mass is 35.5. The first-order chi connectivity index (χ1) is 9.51. The summed E-state index contributed by atoms with van der Waals surface area (Å²) in [5.74, 6) is 5.86. The molecule has 7 nitrogen and oxygen atoms in total. The minimum Gasteiger partial charge on any atom is -0.450 e. The fraction of sp³-hybridized carbons (Fsp3) is 0. The number of hydrogen-bond donors (Lipinski definition) is 2. The van der Waals surface area contributed by atoms with Gasteiger partial charge in [0.1, 0.15) is 11.6 Å². The largest absolute Gasteiger partial charge is 0.450 e.